The Kier molecular flexibility index (Phi) is 7.39. The van der Waals surface area contributed by atoms with Crippen LogP contribution in [0.1, 0.15) is 47.0 Å². The summed E-state index contributed by atoms with van der Waals surface area (Å²) in [5, 5.41) is 6.50. The third-order valence-electron chi connectivity index (χ3n) is 3.78. The molecule has 1 heterocycles. The van der Waals surface area contributed by atoms with Crippen molar-refractivity contribution in [3.8, 4) is 0 Å². The van der Waals surface area contributed by atoms with E-state index in [1.807, 2.05) is 6.92 Å². The van der Waals surface area contributed by atoms with Crippen molar-refractivity contribution in [1.29, 1.82) is 0 Å². The number of piperidine rings is 1. The molecule has 0 aromatic rings. The number of hydrogen-bond donors (Lipinski definition) is 2. The van der Waals surface area contributed by atoms with E-state index >= 15 is 0 Å². The Morgan fingerprint density at radius 3 is 2.68 bits per heavy atom. The van der Waals surface area contributed by atoms with Gasteiger partial charge in [-0.15, -0.1) is 0 Å². The second-order valence-corrected chi connectivity index (χ2v) is 6.05. The third-order valence-corrected chi connectivity index (χ3v) is 3.78. The van der Waals surface area contributed by atoms with Gasteiger partial charge in [-0.1, -0.05) is 20.8 Å². The first-order valence-corrected chi connectivity index (χ1v) is 7.80. The van der Waals surface area contributed by atoms with Crippen molar-refractivity contribution >= 4 is 5.91 Å². The first-order chi connectivity index (χ1) is 9.06. The fourth-order valence-electron chi connectivity index (χ4n) is 2.67. The largest absolute Gasteiger partial charge is 0.354 e. The molecule has 2 unspecified atom stereocenters. The number of carbonyl (C=O) groups is 1. The van der Waals surface area contributed by atoms with Crippen LogP contribution < -0.4 is 10.6 Å². The Balaban J connectivity index is 2.55. The summed E-state index contributed by atoms with van der Waals surface area (Å²) >= 11 is 0. The Bertz CT molecular complexity index is 262. The van der Waals surface area contributed by atoms with Gasteiger partial charge in [0.2, 0.25) is 5.91 Å². The van der Waals surface area contributed by atoms with Gasteiger partial charge in [0.1, 0.15) is 0 Å². The van der Waals surface area contributed by atoms with Gasteiger partial charge in [-0.25, -0.2) is 0 Å². The number of carbonyl (C=O) groups excluding carboxylic acids is 1. The molecule has 0 aromatic carbocycles. The minimum atomic E-state index is -0.0244. The van der Waals surface area contributed by atoms with Gasteiger partial charge in [0.25, 0.3) is 0 Å². The van der Waals surface area contributed by atoms with Crippen molar-refractivity contribution in [3.63, 3.8) is 0 Å². The van der Waals surface area contributed by atoms with Gasteiger partial charge < -0.3 is 10.6 Å². The van der Waals surface area contributed by atoms with Crippen molar-refractivity contribution in [2.24, 2.45) is 5.92 Å². The van der Waals surface area contributed by atoms with Crippen molar-refractivity contribution in [3.05, 3.63) is 0 Å². The van der Waals surface area contributed by atoms with Crippen LogP contribution in [0.4, 0.5) is 0 Å². The monoisotopic (exact) mass is 269 g/mol. The molecule has 0 saturated carbocycles. The van der Waals surface area contributed by atoms with Crippen LogP contribution in [-0.2, 0) is 4.79 Å². The highest BCUT2D eigenvalue weighted by Gasteiger charge is 2.28. The average molecular weight is 269 g/mol. The van der Waals surface area contributed by atoms with E-state index in [4.69, 9.17) is 0 Å². The molecule has 1 rings (SSSR count). The van der Waals surface area contributed by atoms with Gasteiger partial charge in [-0.05, 0) is 45.2 Å². The van der Waals surface area contributed by atoms with E-state index in [0.29, 0.717) is 12.0 Å². The molecular formula is C15H31N3O. The van der Waals surface area contributed by atoms with E-state index < -0.39 is 0 Å². The Morgan fingerprint density at radius 1 is 1.42 bits per heavy atom. The summed E-state index contributed by atoms with van der Waals surface area (Å²) in [5.41, 5.74) is 0. The number of nitrogens with one attached hydrogen (secondary N) is 2. The van der Waals surface area contributed by atoms with Crippen LogP contribution in [-0.4, -0.2) is 49.1 Å². The van der Waals surface area contributed by atoms with Crippen LogP contribution >= 0.6 is 0 Å². The highest BCUT2D eigenvalue weighted by atomic mass is 16.2. The topological polar surface area (TPSA) is 44.4 Å². The highest BCUT2D eigenvalue weighted by molar-refractivity contribution is 5.81. The predicted octanol–water partition coefficient (Wildman–Crippen LogP) is 1.61. The molecule has 0 aromatic heterocycles. The van der Waals surface area contributed by atoms with Gasteiger partial charge in [0.15, 0.2) is 0 Å². The first-order valence-electron chi connectivity index (χ1n) is 7.80. The minimum absolute atomic E-state index is 0.0244. The Hall–Kier alpha value is -0.610. The molecule has 2 atom stereocenters. The molecule has 19 heavy (non-hydrogen) atoms. The van der Waals surface area contributed by atoms with Crippen molar-refractivity contribution < 1.29 is 4.79 Å². The summed E-state index contributed by atoms with van der Waals surface area (Å²) in [6, 6.07) is 0.483. The molecule has 0 aliphatic carbocycles. The lowest BCUT2D eigenvalue weighted by molar-refractivity contribution is -0.127. The zero-order chi connectivity index (χ0) is 14.3. The summed E-state index contributed by atoms with van der Waals surface area (Å²) in [6.07, 6.45) is 3.51. The molecule has 1 aliphatic heterocycles. The smallest absolute Gasteiger partial charge is 0.237 e. The quantitative estimate of drug-likeness (QED) is 0.738. The molecule has 1 amide bonds. The molecule has 4 heteroatoms. The molecular weight excluding hydrogens is 238 g/mol. The van der Waals surface area contributed by atoms with E-state index in [1.54, 1.807) is 0 Å². The SMILES string of the molecule is CCCN(C1CCCNC1)C(C)C(=O)NCC(C)C. The first kappa shape index (κ1) is 16.4. The summed E-state index contributed by atoms with van der Waals surface area (Å²) in [7, 11) is 0. The maximum absolute atomic E-state index is 12.2. The van der Waals surface area contributed by atoms with E-state index in [1.165, 1.54) is 12.8 Å². The van der Waals surface area contributed by atoms with E-state index in [2.05, 4.69) is 36.3 Å². The van der Waals surface area contributed by atoms with Crippen LogP contribution in [0.2, 0.25) is 0 Å². The number of amides is 1. The fourth-order valence-corrected chi connectivity index (χ4v) is 2.67. The molecule has 0 radical (unpaired) electrons. The molecule has 2 N–H and O–H groups in total. The van der Waals surface area contributed by atoms with Crippen LogP contribution in [0, 0.1) is 5.92 Å². The normalized spacial score (nSPS) is 21.7. The average Bonchev–Trinajstić information content (AvgIpc) is 2.42. The fraction of sp³-hybridized carbons (Fsp3) is 0.933. The minimum Gasteiger partial charge on any atom is -0.354 e. The molecule has 1 saturated heterocycles. The van der Waals surface area contributed by atoms with Crippen LogP contribution in [0.3, 0.4) is 0 Å². The lowest BCUT2D eigenvalue weighted by Gasteiger charge is -2.38. The van der Waals surface area contributed by atoms with E-state index in [-0.39, 0.29) is 11.9 Å². The number of nitrogens with zero attached hydrogens (tertiary/aromatic N) is 1. The molecule has 112 valence electrons. The maximum Gasteiger partial charge on any atom is 0.237 e. The van der Waals surface area contributed by atoms with Crippen LogP contribution in [0.15, 0.2) is 0 Å². The van der Waals surface area contributed by atoms with Gasteiger partial charge in [-0.3, -0.25) is 9.69 Å². The molecule has 4 nitrogen and oxygen atoms in total. The zero-order valence-corrected chi connectivity index (χ0v) is 13.0. The van der Waals surface area contributed by atoms with Gasteiger partial charge in [-0.2, -0.15) is 0 Å². The van der Waals surface area contributed by atoms with Crippen molar-refractivity contribution in [2.45, 2.75) is 59.0 Å². The Labute approximate surface area is 118 Å². The van der Waals surface area contributed by atoms with Gasteiger partial charge >= 0.3 is 0 Å². The van der Waals surface area contributed by atoms with Crippen LogP contribution in [0.25, 0.3) is 0 Å². The van der Waals surface area contributed by atoms with Crippen molar-refractivity contribution in [2.75, 3.05) is 26.2 Å². The second-order valence-electron chi connectivity index (χ2n) is 6.05. The maximum atomic E-state index is 12.2. The predicted molar refractivity (Wildman–Crippen MR) is 80.2 cm³/mol. The summed E-state index contributed by atoms with van der Waals surface area (Å²) in [5.74, 6) is 0.680. The van der Waals surface area contributed by atoms with Gasteiger partial charge in [0.05, 0.1) is 6.04 Å². The molecule has 0 spiro atoms. The standard InChI is InChI=1S/C15H31N3O/c1-5-9-18(14-7-6-8-16-11-14)13(4)15(19)17-10-12(2)3/h12-14,16H,5-11H2,1-4H3,(H,17,19). The van der Waals surface area contributed by atoms with E-state index in [0.717, 1.165) is 32.6 Å². The number of hydrogen-bond acceptors (Lipinski definition) is 3. The lowest BCUT2D eigenvalue weighted by atomic mass is 10.0. The summed E-state index contributed by atoms with van der Waals surface area (Å²) in [6.45, 7) is 12.4. The van der Waals surface area contributed by atoms with E-state index in [9.17, 15) is 4.79 Å². The van der Waals surface area contributed by atoms with Crippen LogP contribution in [0.5, 0.6) is 0 Å². The molecule has 0 bridgehead atoms. The lowest BCUT2D eigenvalue weighted by Crippen LogP contribution is -2.54. The highest BCUT2D eigenvalue weighted by Crippen LogP contribution is 2.14. The van der Waals surface area contributed by atoms with Crippen molar-refractivity contribution in [1.82, 2.24) is 15.5 Å². The summed E-state index contributed by atoms with van der Waals surface area (Å²) in [4.78, 5) is 14.6. The molecule has 1 fully saturated rings. The third kappa shape index (κ3) is 5.49. The molecule has 1 aliphatic rings. The second kappa shape index (κ2) is 8.54. The van der Waals surface area contributed by atoms with Gasteiger partial charge in [0, 0.05) is 19.1 Å². The summed E-state index contributed by atoms with van der Waals surface area (Å²) < 4.78 is 0. The Morgan fingerprint density at radius 2 is 2.16 bits per heavy atom. The number of rotatable bonds is 7. The zero-order valence-electron chi connectivity index (χ0n) is 13.0.